The fourth-order valence-corrected chi connectivity index (χ4v) is 2.31. The first-order valence-corrected chi connectivity index (χ1v) is 7.91. The molecule has 3 aromatic rings. The fourth-order valence-electron chi connectivity index (χ4n) is 2.06. The molecule has 0 radical (unpaired) electrons. The van der Waals surface area contributed by atoms with Crippen molar-refractivity contribution in [2.45, 2.75) is 0 Å². The molecule has 0 saturated heterocycles. The molecule has 1 aromatic heterocycles. The number of pyridine rings is 1. The Hall–Kier alpha value is -2.56. The molecular formula is C18H13Cl2N3O. The molecule has 0 aliphatic carbocycles. The highest BCUT2D eigenvalue weighted by Gasteiger charge is 2.08. The number of halogens is 2. The minimum atomic E-state index is -0.223. The van der Waals surface area contributed by atoms with Gasteiger partial charge in [0.1, 0.15) is 5.82 Å². The average Bonchev–Trinajstić information content (AvgIpc) is 2.59. The Balaban J connectivity index is 1.73. The van der Waals surface area contributed by atoms with Gasteiger partial charge in [-0.15, -0.1) is 0 Å². The van der Waals surface area contributed by atoms with Crippen LogP contribution in [0.1, 0.15) is 10.4 Å². The number of amides is 1. The molecule has 6 heteroatoms. The van der Waals surface area contributed by atoms with Crippen LogP contribution in [0.15, 0.2) is 66.9 Å². The Morgan fingerprint density at radius 1 is 0.833 bits per heavy atom. The van der Waals surface area contributed by atoms with Crippen LogP contribution in [0.25, 0.3) is 0 Å². The van der Waals surface area contributed by atoms with E-state index in [2.05, 4.69) is 15.6 Å². The normalized spacial score (nSPS) is 10.2. The van der Waals surface area contributed by atoms with Crippen LogP contribution in [0.2, 0.25) is 10.0 Å². The summed E-state index contributed by atoms with van der Waals surface area (Å²) in [5, 5.41) is 7.22. The first-order chi connectivity index (χ1) is 11.6. The highest BCUT2D eigenvalue weighted by atomic mass is 35.5. The molecule has 0 aliphatic rings. The minimum Gasteiger partial charge on any atom is -0.340 e. The van der Waals surface area contributed by atoms with Crippen LogP contribution >= 0.6 is 23.2 Å². The summed E-state index contributed by atoms with van der Waals surface area (Å²) in [6.45, 7) is 0. The molecule has 120 valence electrons. The van der Waals surface area contributed by atoms with Crippen LogP contribution in [0.5, 0.6) is 0 Å². The van der Waals surface area contributed by atoms with E-state index < -0.39 is 0 Å². The number of anilines is 3. The maximum absolute atomic E-state index is 12.3. The maximum atomic E-state index is 12.3. The molecule has 0 fully saturated rings. The van der Waals surface area contributed by atoms with Crippen molar-refractivity contribution in [2.75, 3.05) is 10.6 Å². The average molecular weight is 358 g/mol. The number of carbonyl (C=O) groups is 1. The van der Waals surface area contributed by atoms with Crippen LogP contribution in [0, 0.1) is 0 Å². The Morgan fingerprint density at radius 2 is 1.42 bits per heavy atom. The number of aromatic nitrogens is 1. The van der Waals surface area contributed by atoms with E-state index in [0.29, 0.717) is 27.1 Å². The Bertz CT molecular complexity index is 849. The number of rotatable bonds is 4. The quantitative estimate of drug-likeness (QED) is 0.658. The van der Waals surface area contributed by atoms with E-state index in [4.69, 9.17) is 23.2 Å². The summed E-state index contributed by atoms with van der Waals surface area (Å²) in [7, 11) is 0. The second kappa shape index (κ2) is 7.34. The second-order valence-corrected chi connectivity index (χ2v) is 5.90. The van der Waals surface area contributed by atoms with Gasteiger partial charge in [0, 0.05) is 33.2 Å². The molecule has 0 saturated carbocycles. The zero-order valence-electron chi connectivity index (χ0n) is 12.5. The van der Waals surface area contributed by atoms with Gasteiger partial charge in [0.25, 0.3) is 5.91 Å². The van der Waals surface area contributed by atoms with Gasteiger partial charge in [0.15, 0.2) is 0 Å². The zero-order chi connectivity index (χ0) is 16.9. The molecule has 0 spiro atoms. The molecule has 1 amide bonds. The molecule has 0 atom stereocenters. The summed E-state index contributed by atoms with van der Waals surface area (Å²) in [6, 6.07) is 17.5. The molecule has 24 heavy (non-hydrogen) atoms. The molecule has 4 nitrogen and oxygen atoms in total. The van der Waals surface area contributed by atoms with Crippen LogP contribution < -0.4 is 10.6 Å². The van der Waals surface area contributed by atoms with Gasteiger partial charge >= 0.3 is 0 Å². The van der Waals surface area contributed by atoms with Crippen molar-refractivity contribution < 1.29 is 4.79 Å². The summed E-state index contributed by atoms with van der Waals surface area (Å²) in [6.07, 6.45) is 1.58. The van der Waals surface area contributed by atoms with Crippen LogP contribution in [-0.2, 0) is 0 Å². The van der Waals surface area contributed by atoms with Crippen molar-refractivity contribution in [2.24, 2.45) is 0 Å². The topological polar surface area (TPSA) is 54.0 Å². The number of benzene rings is 2. The zero-order valence-corrected chi connectivity index (χ0v) is 14.0. The maximum Gasteiger partial charge on any atom is 0.255 e. The molecule has 2 N–H and O–H groups in total. The lowest BCUT2D eigenvalue weighted by Gasteiger charge is -2.08. The van der Waals surface area contributed by atoms with Gasteiger partial charge in [-0.2, -0.15) is 0 Å². The summed E-state index contributed by atoms with van der Waals surface area (Å²) in [5.41, 5.74) is 2.01. The van der Waals surface area contributed by atoms with E-state index in [1.807, 2.05) is 12.1 Å². The largest absolute Gasteiger partial charge is 0.340 e. The van der Waals surface area contributed by atoms with Crippen molar-refractivity contribution in [3.05, 3.63) is 82.5 Å². The van der Waals surface area contributed by atoms with E-state index in [1.165, 1.54) is 0 Å². The smallest absolute Gasteiger partial charge is 0.255 e. The van der Waals surface area contributed by atoms with E-state index >= 15 is 0 Å². The molecular weight excluding hydrogens is 345 g/mol. The van der Waals surface area contributed by atoms with Gasteiger partial charge in [-0.1, -0.05) is 23.2 Å². The molecule has 2 aromatic carbocycles. The molecule has 0 bridgehead atoms. The monoisotopic (exact) mass is 357 g/mol. The lowest BCUT2D eigenvalue weighted by atomic mass is 10.2. The lowest BCUT2D eigenvalue weighted by molar-refractivity contribution is 0.102. The Morgan fingerprint density at radius 3 is 2.04 bits per heavy atom. The molecule has 3 rings (SSSR count). The number of carbonyl (C=O) groups excluding carboxylic acids is 1. The third-order valence-electron chi connectivity index (χ3n) is 3.24. The van der Waals surface area contributed by atoms with Gasteiger partial charge in [-0.25, -0.2) is 4.98 Å². The predicted octanol–water partition coefficient (Wildman–Crippen LogP) is 5.38. The van der Waals surface area contributed by atoms with Gasteiger partial charge in [0.2, 0.25) is 0 Å². The summed E-state index contributed by atoms with van der Waals surface area (Å²) < 4.78 is 0. The minimum absolute atomic E-state index is 0.223. The highest BCUT2D eigenvalue weighted by molar-refractivity contribution is 6.31. The van der Waals surface area contributed by atoms with Gasteiger partial charge in [-0.05, 0) is 60.7 Å². The van der Waals surface area contributed by atoms with E-state index in [0.717, 1.165) is 5.69 Å². The fraction of sp³-hybridized carbons (Fsp3) is 0. The first-order valence-electron chi connectivity index (χ1n) is 7.16. The first kappa shape index (κ1) is 16.3. The summed E-state index contributed by atoms with van der Waals surface area (Å²) in [4.78, 5) is 16.5. The van der Waals surface area contributed by atoms with Gasteiger partial charge < -0.3 is 10.6 Å². The van der Waals surface area contributed by atoms with Crippen LogP contribution in [0.4, 0.5) is 17.2 Å². The number of hydrogen-bond acceptors (Lipinski definition) is 3. The molecule has 0 unspecified atom stereocenters. The van der Waals surface area contributed by atoms with E-state index in [9.17, 15) is 4.79 Å². The Kier molecular flexibility index (Phi) is 4.99. The third-order valence-corrected chi connectivity index (χ3v) is 3.74. The summed E-state index contributed by atoms with van der Waals surface area (Å²) in [5.74, 6) is 0.347. The van der Waals surface area contributed by atoms with Gasteiger partial charge in [-0.3, -0.25) is 4.79 Å². The highest BCUT2D eigenvalue weighted by Crippen LogP contribution is 2.19. The van der Waals surface area contributed by atoms with Crippen molar-refractivity contribution in [3.8, 4) is 0 Å². The standard InChI is InChI=1S/C18H13Cl2N3O/c19-13-1-5-15(6-2-13)22-17-11-12(9-10-21-17)18(24)23-16-7-3-14(20)4-8-16/h1-11H,(H,21,22)(H,23,24). The van der Waals surface area contributed by atoms with Crippen molar-refractivity contribution >= 4 is 46.3 Å². The lowest BCUT2D eigenvalue weighted by Crippen LogP contribution is -2.12. The number of nitrogens with zero attached hydrogens (tertiary/aromatic N) is 1. The number of nitrogens with one attached hydrogen (secondary N) is 2. The van der Waals surface area contributed by atoms with Crippen molar-refractivity contribution in [1.29, 1.82) is 0 Å². The third kappa shape index (κ3) is 4.25. The number of hydrogen-bond donors (Lipinski definition) is 2. The van der Waals surface area contributed by atoms with Crippen LogP contribution in [-0.4, -0.2) is 10.9 Å². The van der Waals surface area contributed by atoms with E-state index in [-0.39, 0.29) is 5.91 Å². The predicted molar refractivity (Wildman–Crippen MR) is 98.4 cm³/mol. The molecule has 0 aliphatic heterocycles. The van der Waals surface area contributed by atoms with Crippen LogP contribution in [0.3, 0.4) is 0 Å². The van der Waals surface area contributed by atoms with Gasteiger partial charge in [0.05, 0.1) is 0 Å². The summed E-state index contributed by atoms with van der Waals surface area (Å²) >= 11 is 11.7. The Labute approximate surface area is 149 Å². The van der Waals surface area contributed by atoms with Crippen molar-refractivity contribution in [3.63, 3.8) is 0 Å². The van der Waals surface area contributed by atoms with E-state index in [1.54, 1.807) is 54.7 Å². The SMILES string of the molecule is O=C(Nc1ccc(Cl)cc1)c1ccnc(Nc2ccc(Cl)cc2)c1. The molecule has 1 heterocycles. The van der Waals surface area contributed by atoms with Crippen molar-refractivity contribution in [1.82, 2.24) is 4.98 Å². The second-order valence-electron chi connectivity index (χ2n) is 5.02.